The average Bonchev–Trinajstić information content (AvgIpc) is 3.11. The lowest BCUT2D eigenvalue weighted by Crippen LogP contribution is -2.63. The van der Waals surface area contributed by atoms with Crippen molar-refractivity contribution in [3.05, 3.63) is 54.7 Å². The molecule has 1 spiro atoms. The molecule has 4 aromatic rings. The number of likely N-dealkylation sites (tertiary alicyclic amines) is 1. The number of hydrogen-bond donors (Lipinski definition) is 1. The minimum atomic E-state index is -0.490. The standard InChI is InChI=1S/C28H31N7O3/c1-27(2,3)38-26(36)35-14-28(15-35)12-18(13-28)22-20(21-23(29)32-16-33-24(21)34(22)4)17-6-8-19(9-7-17)37-25-30-10-5-11-31-25/h5-11,16,18H,12-15H2,1-4H3,(H2,29,32,33). The molecule has 1 saturated carbocycles. The molecule has 0 bridgehead atoms. The van der Waals surface area contributed by atoms with E-state index in [1.165, 1.54) is 12.0 Å². The molecule has 3 aromatic heterocycles. The van der Waals surface area contributed by atoms with E-state index in [1.54, 1.807) is 18.5 Å². The summed E-state index contributed by atoms with van der Waals surface area (Å²) in [4.78, 5) is 31.4. The molecule has 1 saturated heterocycles. The predicted octanol–water partition coefficient (Wildman–Crippen LogP) is 4.91. The number of ether oxygens (including phenoxy) is 2. The van der Waals surface area contributed by atoms with Gasteiger partial charge in [0.2, 0.25) is 0 Å². The third-order valence-corrected chi connectivity index (χ3v) is 7.39. The Hall–Kier alpha value is -4.21. The van der Waals surface area contributed by atoms with Crippen molar-refractivity contribution in [2.75, 3.05) is 18.8 Å². The maximum absolute atomic E-state index is 12.5. The van der Waals surface area contributed by atoms with E-state index >= 15 is 0 Å². The van der Waals surface area contributed by atoms with Crippen molar-refractivity contribution in [1.29, 1.82) is 0 Å². The highest BCUT2D eigenvalue weighted by molar-refractivity contribution is 6.02. The molecule has 1 aromatic carbocycles. The number of nitrogens with two attached hydrogens (primary N) is 1. The summed E-state index contributed by atoms with van der Waals surface area (Å²) in [5.41, 5.74) is 10.1. The van der Waals surface area contributed by atoms with Gasteiger partial charge >= 0.3 is 12.1 Å². The number of carbonyl (C=O) groups excluding carboxylic acids is 1. The summed E-state index contributed by atoms with van der Waals surface area (Å²) in [5.74, 6) is 1.42. The number of aryl methyl sites for hydroxylation is 1. The number of nitrogens with zero attached hydrogens (tertiary/aromatic N) is 6. The molecule has 0 atom stereocenters. The van der Waals surface area contributed by atoms with Crippen LogP contribution in [0, 0.1) is 5.41 Å². The van der Waals surface area contributed by atoms with Crippen molar-refractivity contribution in [1.82, 2.24) is 29.4 Å². The van der Waals surface area contributed by atoms with Crippen LogP contribution in [-0.2, 0) is 11.8 Å². The van der Waals surface area contributed by atoms with E-state index < -0.39 is 5.60 Å². The minimum Gasteiger partial charge on any atom is -0.444 e. The molecule has 2 fully saturated rings. The summed E-state index contributed by atoms with van der Waals surface area (Å²) in [6.07, 6.45) is 6.54. The highest BCUT2D eigenvalue weighted by Gasteiger charge is 2.55. The van der Waals surface area contributed by atoms with Crippen molar-refractivity contribution in [3.63, 3.8) is 0 Å². The number of amides is 1. The zero-order valence-corrected chi connectivity index (χ0v) is 22.0. The Kier molecular flexibility index (Phi) is 5.51. The number of rotatable bonds is 4. The second-order valence-corrected chi connectivity index (χ2v) is 11.4. The Morgan fingerprint density at radius 2 is 1.74 bits per heavy atom. The summed E-state index contributed by atoms with van der Waals surface area (Å²) < 4.78 is 13.5. The van der Waals surface area contributed by atoms with Crippen LogP contribution < -0.4 is 10.5 Å². The zero-order chi connectivity index (χ0) is 26.7. The Labute approximate surface area is 220 Å². The first kappa shape index (κ1) is 24.1. The van der Waals surface area contributed by atoms with Crippen LogP contribution in [0.2, 0.25) is 0 Å². The molecule has 38 heavy (non-hydrogen) atoms. The third-order valence-electron chi connectivity index (χ3n) is 7.39. The molecule has 1 amide bonds. The Balaban J connectivity index is 1.27. The van der Waals surface area contributed by atoms with Crippen molar-refractivity contribution in [2.45, 2.75) is 45.1 Å². The number of benzene rings is 1. The van der Waals surface area contributed by atoms with Crippen LogP contribution >= 0.6 is 0 Å². The average molecular weight is 514 g/mol. The highest BCUT2D eigenvalue weighted by Crippen LogP contribution is 2.58. The smallest absolute Gasteiger partial charge is 0.410 e. The van der Waals surface area contributed by atoms with E-state index in [4.69, 9.17) is 15.2 Å². The van der Waals surface area contributed by atoms with Gasteiger partial charge in [0.15, 0.2) is 0 Å². The van der Waals surface area contributed by atoms with Gasteiger partial charge in [-0.15, -0.1) is 0 Å². The fraction of sp³-hybridized carbons (Fsp3) is 0.393. The maximum Gasteiger partial charge on any atom is 0.410 e. The monoisotopic (exact) mass is 513 g/mol. The lowest BCUT2D eigenvalue weighted by molar-refractivity contribution is -0.0793. The van der Waals surface area contributed by atoms with Crippen LogP contribution in [0.15, 0.2) is 49.1 Å². The van der Waals surface area contributed by atoms with Crippen molar-refractivity contribution in [2.24, 2.45) is 12.5 Å². The summed E-state index contributed by atoms with van der Waals surface area (Å²) in [6.45, 7) is 7.14. The quantitative estimate of drug-likeness (QED) is 0.408. The van der Waals surface area contributed by atoms with E-state index in [0.29, 0.717) is 23.5 Å². The summed E-state index contributed by atoms with van der Waals surface area (Å²) in [6, 6.07) is 9.89. The lowest BCUT2D eigenvalue weighted by Gasteiger charge is -2.58. The number of nitrogen functional groups attached to an aromatic ring is 1. The number of aromatic nitrogens is 5. The molecule has 4 heterocycles. The second-order valence-electron chi connectivity index (χ2n) is 11.4. The van der Waals surface area contributed by atoms with Crippen molar-refractivity contribution >= 4 is 22.9 Å². The zero-order valence-electron chi connectivity index (χ0n) is 22.0. The molecule has 1 aliphatic heterocycles. The Morgan fingerprint density at radius 3 is 2.39 bits per heavy atom. The molecule has 6 rings (SSSR count). The van der Waals surface area contributed by atoms with Gasteiger partial charge in [-0.2, -0.15) is 0 Å². The number of fused-ring (bicyclic) bond motifs is 1. The molecule has 10 nitrogen and oxygen atoms in total. The van der Waals surface area contributed by atoms with Crippen LogP contribution in [0.1, 0.15) is 45.2 Å². The summed E-state index contributed by atoms with van der Waals surface area (Å²) >= 11 is 0. The van der Waals surface area contributed by atoms with Crippen molar-refractivity contribution < 1.29 is 14.3 Å². The SMILES string of the molecule is Cn1c(C2CC3(C2)CN(C(=O)OC(C)(C)C)C3)c(-c2ccc(Oc3ncccn3)cc2)c2c(N)ncnc21. The van der Waals surface area contributed by atoms with Crippen LogP contribution in [0.5, 0.6) is 11.8 Å². The van der Waals surface area contributed by atoms with E-state index in [9.17, 15) is 4.79 Å². The van der Waals surface area contributed by atoms with Gasteiger partial charge in [-0.25, -0.2) is 24.7 Å². The topological polar surface area (TPSA) is 121 Å². The predicted molar refractivity (Wildman–Crippen MR) is 143 cm³/mol. The Morgan fingerprint density at radius 1 is 1.05 bits per heavy atom. The number of carbonyl (C=O) groups is 1. The lowest BCUT2D eigenvalue weighted by atomic mass is 9.56. The first-order valence-electron chi connectivity index (χ1n) is 12.7. The molecular weight excluding hydrogens is 482 g/mol. The van der Waals surface area contributed by atoms with Crippen molar-refractivity contribution in [3.8, 4) is 22.9 Å². The van der Waals surface area contributed by atoms with E-state index in [-0.39, 0.29) is 11.5 Å². The van der Waals surface area contributed by atoms with E-state index in [1.807, 2.05) is 57.0 Å². The second kappa shape index (κ2) is 8.68. The summed E-state index contributed by atoms with van der Waals surface area (Å²) in [5, 5.41) is 0.856. The normalized spacial score (nSPS) is 16.8. The van der Waals surface area contributed by atoms with Gasteiger partial charge in [-0.1, -0.05) is 12.1 Å². The van der Waals surface area contributed by atoms with Gasteiger partial charge in [0.25, 0.3) is 0 Å². The highest BCUT2D eigenvalue weighted by atomic mass is 16.6. The van der Waals surface area contributed by atoms with Gasteiger partial charge in [-0.05, 0) is 57.4 Å². The number of hydrogen-bond acceptors (Lipinski definition) is 8. The largest absolute Gasteiger partial charge is 0.444 e. The van der Waals surface area contributed by atoms with Crippen LogP contribution in [-0.4, -0.2) is 54.2 Å². The van der Waals surface area contributed by atoms with Gasteiger partial charge in [0.05, 0.1) is 5.39 Å². The summed E-state index contributed by atoms with van der Waals surface area (Å²) in [7, 11) is 2.04. The van der Waals surface area contributed by atoms with Crippen LogP contribution in [0.25, 0.3) is 22.2 Å². The third kappa shape index (κ3) is 4.19. The molecule has 0 radical (unpaired) electrons. The van der Waals surface area contributed by atoms with Crippen LogP contribution in [0.3, 0.4) is 0 Å². The van der Waals surface area contributed by atoms with Gasteiger partial charge in [-0.3, -0.25) is 0 Å². The fourth-order valence-corrected chi connectivity index (χ4v) is 5.85. The van der Waals surface area contributed by atoms with Gasteiger partial charge in [0, 0.05) is 55.1 Å². The Bertz CT molecular complexity index is 1500. The molecule has 2 aliphatic rings. The molecule has 196 valence electrons. The minimum absolute atomic E-state index is 0.139. The molecule has 1 aliphatic carbocycles. The molecule has 0 unspecified atom stereocenters. The van der Waals surface area contributed by atoms with Gasteiger partial charge < -0.3 is 24.7 Å². The first-order chi connectivity index (χ1) is 18.1. The van der Waals surface area contributed by atoms with E-state index in [0.717, 1.165) is 48.1 Å². The van der Waals surface area contributed by atoms with E-state index in [2.05, 4.69) is 24.5 Å². The van der Waals surface area contributed by atoms with Gasteiger partial charge in [0.1, 0.15) is 29.1 Å². The maximum atomic E-state index is 12.5. The first-order valence-corrected chi connectivity index (χ1v) is 12.7. The number of anilines is 1. The van der Waals surface area contributed by atoms with Crippen LogP contribution in [0.4, 0.5) is 10.6 Å². The molecular formula is C28H31N7O3. The fourth-order valence-electron chi connectivity index (χ4n) is 5.85. The molecule has 10 heteroatoms. The molecule has 2 N–H and O–H groups in total.